The van der Waals surface area contributed by atoms with Crippen molar-refractivity contribution in [3.63, 3.8) is 0 Å². The van der Waals surface area contributed by atoms with E-state index in [4.69, 9.17) is 21.1 Å². The zero-order chi connectivity index (χ0) is 22.2. The summed E-state index contributed by atoms with van der Waals surface area (Å²) in [4.78, 5) is 24.4. The Balaban J connectivity index is 1.71. The van der Waals surface area contributed by atoms with Gasteiger partial charge in [0, 0.05) is 11.4 Å². The van der Waals surface area contributed by atoms with E-state index in [0.29, 0.717) is 11.4 Å². The SMILES string of the molecule is CC(=O)[C@H](C)O[C@@H](Cc1ccc(-c2cccc(Cl)c2)cc1)C(=O)OCc1ccccc1. The summed E-state index contributed by atoms with van der Waals surface area (Å²) in [6.45, 7) is 3.24. The first-order chi connectivity index (χ1) is 14.9. The lowest BCUT2D eigenvalue weighted by Crippen LogP contribution is -2.34. The van der Waals surface area contributed by atoms with Crippen molar-refractivity contribution in [2.24, 2.45) is 0 Å². The molecule has 31 heavy (non-hydrogen) atoms. The molecule has 0 aliphatic heterocycles. The lowest BCUT2D eigenvalue weighted by atomic mass is 10.0. The van der Waals surface area contributed by atoms with Crippen molar-refractivity contribution < 1.29 is 19.1 Å². The summed E-state index contributed by atoms with van der Waals surface area (Å²) in [5.74, 6) is -0.631. The fourth-order valence-electron chi connectivity index (χ4n) is 3.07. The molecule has 0 amide bonds. The molecule has 0 saturated carbocycles. The molecule has 3 rings (SSSR count). The molecule has 0 spiro atoms. The van der Waals surface area contributed by atoms with E-state index in [1.54, 1.807) is 6.92 Å². The normalized spacial score (nSPS) is 12.7. The monoisotopic (exact) mass is 436 g/mol. The number of hydrogen-bond donors (Lipinski definition) is 0. The third kappa shape index (κ3) is 6.78. The van der Waals surface area contributed by atoms with Crippen LogP contribution in [0.2, 0.25) is 5.02 Å². The first-order valence-corrected chi connectivity index (χ1v) is 10.5. The second-order valence-corrected chi connectivity index (χ2v) is 7.82. The van der Waals surface area contributed by atoms with Crippen LogP contribution < -0.4 is 0 Å². The lowest BCUT2D eigenvalue weighted by Gasteiger charge is -2.20. The van der Waals surface area contributed by atoms with Crippen molar-refractivity contribution in [1.29, 1.82) is 0 Å². The van der Waals surface area contributed by atoms with E-state index in [1.807, 2.05) is 78.9 Å². The van der Waals surface area contributed by atoms with Crippen molar-refractivity contribution >= 4 is 23.4 Å². The van der Waals surface area contributed by atoms with E-state index in [9.17, 15) is 9.59 Å². The summed E-state index contributed by atoms with van der Waals surface area (Å²) in [5, 5.41) is 0.675. The van der Waals surface area contributed by atoms with Gasteiger partial charge >= 0.3 is 5.97 Å². The number of ketones is 1. The van der Waals surface area contributed by atoms with Gasteiger partial charge in [-0.05, 0) is 48.2 Å². The number of carbonyl (C=O) groups is 2. The van der Waals surface area contributed by atoms with Crippen LogP contribution in [0.4, 0.5) is 0 Å². The van der Waals surface area contributed by atoms with Gasteiger partial charge in [-0.25, -0.2) is 4.79 Å². The smallest absolute Gasteiger partial charge is 0.335 e. The first-order valence-electron chi connectivity index (χ1n) is 10.1. The highest BCUT2D eigenvalue weighted by atomic mass is 35.5. The van der Waals surface area contributed by atoms with Crippen LogP contribution in [-0.4, -0.2) is 24.0 Å². The predicted octanol–water partition coefficient (Wildman–Crippen LogP) is 5.66. The number of esters is 1. The zero-order valence-electron chi connectivity index (χ0n) is 17.6. The summed E-state index contributed by atoms with van der Waals surface area (Å²) < 4.78 is 11.2. The van der Waals surface area contributed by atoms with Crippen LogP contribution in [0.25, 0.3) is 11.1 Å². The lowest BCUT2D eigenvalue weighted by molar-refractivity contribution is -0.163. The molecule has 160 valence electrons. The molecule has 0 fully saturated rings. The van der Waals surface area contributed by atoms with Crippen LogP contribution in [-0.2, 0) is 32.1 Å². The van der Waals surface area contributed by atoms with Gasteiger partial charge in [0.25, 0.3) is 0 Å². The largest absolute Gasteiger partial charge is 0.459 e. The number of carbonyl (C=O) groups excluding carboxylic acids is 2. The molecule has 4 nitrogen and oxygen atoms in total. The van der Waals surface area contributed by atoms with E-state index in [-0.39, 0.29) is 12.4 Å². The van der Waals surface area contributed by atoms with Gasteiger partial charge in [0.1, 0.15) is 12.7 Å². The highest BCUT2D eigenvalue weighted by Gasteiger charge is 2.25. The number of Topliss-reactive ketones (excluding diaryl/α,β-unsaturated/α-hetero) is 1. The fraction of sp³-hybridized carbons (Fsp3) is 0.231. The van der Waals surface area contributed by atoms with Crippen LogP contribution in [0.15, 0.2) is 78.9 Å². The quantitative estimate of drug-likeness (QED) is 0.406. The van der Waals surface area contributed by atoms with Crippen LogP contribution in [0.5, 0.6) is 0 Å². The molecule has 2 atom stereocenters. The Hall–Kier alpha value is -2.95. The Morgan fingerprint density at radius 2 is 1.58 bits per heavy atom. The highest BCUT2D eigenvalue weighted by Crippen LogP contribution is 2.23. The molecular weight excluding hydrogens is 412 g/mol. The maximum atomic E-state index is 12.7. The molecule has 3 aromatic rings. The number of hydrogen-bond acceptors (Lipinski definition) is 4. The Labute approximate surface area is 187 Å². The molecule has 0 aromatic heterocycles. The molecule has 3 aromatic carbocycles. The van der Waals surface area contributed by atoms with Gasteiger partial charge < -0.3 is 9.47 Å². The van der Waals surface area contributed by atoms with Crippen LogP contribution >= 0.6 is 11.6 Å². The van der Waals surface area contributed by atoms with Gasteiger partial charge in [-0.15, -0.1) is 0 Å². The van der Waals surface area contributed by atoms with Crippen molar-refractivity contribution in [3.05, 3.63) is 95.0 Å². The van der Waals surface area contributed by atoms with Crippen molar-refractivity contribution in [2.45, 2.75) is 39.1 Å². The third-order valence-electron chi connectivity index (χ3n) is 4.96. The predicted molar refractivity (Wildman–Crippen MR) is 122 cm³/mol. The number of benzene rings is 3. The number of rotatable bonds is 9. The average molecular weight is 437 g/mol. The average Bonchev–Trinajstić information content (AvgIpc) is 2.78. The molecule has 0 aliphatic carbocycles. The van der Waals surface area contributed by atoms with Gasteiger partial charge in [0.05, 0.1) is 0 Å². The standard InChI is InChI=1S/C26H25ClO4/c1-18(28)19(2)31-25(26(29)30-17-21-7-4-3-5-8-21)15-20-11-13-22(14-12-20)23-9-6-10-24(27)16-23/h3-14,16,19,25H,15,17H2,1-2H3/t19-,25-/m0/s1. The summed E-state index contributed by atoms with van der Waals surface area (Å²) in [6, 6.07) is 24.9. The molecule has 0 unspecified atom stereocenters. The molecule has 0 radical (unpaired) electrons. The summed E-state index contributed by atoms with van der Waals surface area (Å²) in [6.07, 6.45) is -1.26. The molecule has 0 saturated heterocycles. The van der Waals surface area contributed by atoms with Gasteiger partial charge in [0.15, 0.2) is 11.9 Å². The summed E-state index contributed by atoms with van der Waals surface area (Å²) in [5.41, 5.74) is 3.83. The van der Waals surface area contributed by atoms with E-state index < -0.39 is 18.2 Å². The van der Waals surface area contributed by atoms with Crippen molar-refractivity contribution in [2.75, 3.05) is 0 Å². The maximum Gasteiger partial charge on any atom is 0.335 e. The second-order valence-electron chi connectivity index (χ2n) is 7.38. The Morgan fingerprint density at radius 3 is 2.23 bits per heavy atom. The van der Waals surface area contributed by atoms with E-state index in [1.165, 1.54) is 6.92 Å². The maximum absolute atomic E-state index is 12.7. The number of ether oxygens (including phenoxy) is 2. The van der Waals surface area contributed by atoms with E-state index >= 15 is 0 Å². The summed E-state index contributed by atoms with van der Waals surface area (Å²) in [7, 11) is 0. The van der Waals surface area contributed by atoms with Crippen LogP contribution in [0.3, 0.4) is 0 Å². The summed E-state index contributed by atoms with van der Waals surface area (Å²) >= 11 is 6.08. The molecule has 0 aliphatic rings. The van der Waals surface area contributed by atoms with Crippen molar-refractivity contribution in [1.82, 2.24) is 0 Å². The molecule has 0 bridgehead atoms. The topological polar surface area (TPSA) is 52.6 Å². The minimum Gasteiger partial charge on any atom is -0.459 e. The molecular formula is C26H25ClO4. The van der Waals surface area contributed by atoms with Gasteiger partial charge in [-0.1, -0.05) is 78.3 Å². The van der Waals surface area contributed by atoms with Crippen LogP contribution in [0.1, 0.15) is 25.0 Å². The third-order valence-corrected chi connectivity index (χ3v) is 5.20. The van der Waals surface area contributed by atoms with E-state index in [0.717, 1.165) is 22.3 Å². The number of halogens is 1. The van der Waals surface area contributed by atoms with Crippen molar-refractivity contribution in [3.8, 4) is 11.1 Å². The van der Waals surface area contributed by atoms with E-state index in [2.05, 4.69) is 0 Å². The Bertz CT molecular complexity index is 1020. The van der Waals surface area contributed by atoms with Gasteiger partial charge in [-0.2, -0.15) is 0 Å². The van der Waals surface area contributed by atoms with Gasteiger partial charge in [-0.3, -0.25) is 4.79 Å². The zero-order valence-corrected chi connectivity index (χ0v) is 18.3. The molecule has 0 heterocycles. The minimum absolute atomic E-state index is 0.142. The second kappa shape index (κ2) is 10.9. The highest BCUT2D eigenvalue weighted by molar-refractivity contribution is 6.30. The molecule has 5 heteroatoms. The Kier molecular flexibility index (Phi) is 7.99. The van der Waals surface area contributed by atoms with Gasteiger partial charge in [0.2, 0.25) is 0 Å². The molecule has 0 N–H and O–H groups in total. The fourth-order valence-corrected chi connectivity index (χ4v) is 3.26. The van der Waals surface area contributed by atoms with Crippen LogP contribution in [0, 0.1) is 0 Å². The first kappa shape index (κ1) is 22.7. The Morgan fingerprint density at radius 1 is 0.871 bits per heavy atom. The minimum atomic E-state index is -0.875.